The smallest absolute Gasteiger partial charge is 0.0900 e. The molecule has 0 amide bonds. The second-order valence-corrected chi connectivity index (χ2v) is 6.20. The van der Waals surface area contributed by atoms with Crippen LogP contribution in [0.1, 0.15) is 38.5 Å². The fourth-order valence-electron chi connectivity index (χ4n) is 3.59. The van der Waals surface area contributed by atoms with Crippen LogP contribution >= 0.6 is 0 Å². The van der Waals surface area contributed by atoms with E-state index in [1.165, 1.54) is 19.3 Å². The normalized spacial score (nSPS) is 35.8. The lowest BCUT2D eigenvalue weighted by atomic mass is 9.90. The van der Waals surface area contributed by atoms with Crippen LogP contribution in [-0.4, -0.2) is 71.5 Å². The van der Waals surface area contributed by atoms with Crippen molar-refractivity contribution in [3.8, 4) is 0 Å². The average molecular weight is 256 g/mol. The Bertz CT molecular complexity index is 260. The van der Waals surface area contributed by atoms with Crippen LogP contribution in [0, 0.1) is 0 Å². The van der Waals surface area contributed by atoms with Gasteiger partial charge in [-0.2, -0.15) is 0 Å². The molecule has 106 valence electrons. The third-order valence-electron chi connectivity index (χ3n) is 4.46. The van der Waals surface area contributed by atoms with Gasteiger partial charge in [0, 0.05) is 25.7 Å². The molecule has 2 atom stereocenters. The Balaban J connectivity index is 1.92. The molecule has 0 aromatic heterocycles. The van der Waals surface area contributed by atoms with Crippen LogP contribution in [0.4, 0.5) is 0 Å². The molecule has 2 fully saturated rings. The summed E-state index contributed by atoms with van der Waals surface area (Å²) in [5.41, 5.74) is -0.544. The summed E-state index contributed by atoms with van der Waals surface area (Å²) in [4.78, 5) is 4.65. The largest absolute Gasteiger partial charge is 0.396 e. The van der Waals surface area contributed by atoms with Crippen LogP contribution in [0.25, 0.3) is 0 Å². The molecule has 0 aromatic carbocycles. The summed E-state index contributed by atoms with van der Waals surface area (Å²) in [7, 11) is 2.09. The first-order valence-corrected chi connectivity index (χ1v) is 7.39. The number of piperidine rings is 2. The highest BCUT2D eigenvalue weighted by atomic mass is 16.3. The fourth-order valence-corrected chi connectivity index (χ4v) is 3.59. The van der Waals surface area contributed by atoms with E-state index in [9.17, 15) is 5.11 Å². The zero-order chi connectivity index (χ0) is 13.0. The molecule has 0 unspecified atom stereocenters. The maximum Gasteiger partial charge on any atom is 0.0900 e. The SMILES string of the molecule is CN1CCC[C@@](O)(CN2CCCC[C@H]2CCO)C1. The van der Waals surface area contributed by atoms with Gasteiger partial charge >= 0.3 is 0 Å². The molecule has 0 spiro atoms. The maximum absolute atomic E-state index is 10.7. The number of β-amino-alcohol motifs (C(OH)–C–C–N with tert-alkyl or cyclic N) is 1. The lowest BCUT2D eigenvalue weighted by Gasteiger charge is -2.44. The van der Waals surface area contributed by atoms with Crippen molar-refractivity contribution in [1.82, 2.24) is 9.80 Å². The molecule has 0 saturated carbocycles. The zero-order valence-corrected chi connectivity index (χ0v) is 11.6. The highest BCUT2D eigenvalue weighted by molar-refractivity contribution is 4.91. The van der Waals surface area contributed by atoms with E-state index >= 15 is 0 Å². The van der Waals surface area contributed by atoms with Crippen molar-refractivity contribution in [2.45, 2.75) is 50.2 Å². The summed E-state index contributed by atoms with van der Waals surface area (Å²) in [6, 6.07) is 0.472. The van der Waals surface area contributed by atoms with Crippen LogP contribution in [0.2, 0.25) is 0 Å². The molecule has 0 radical (unpaired) electrons. The van der Waals surface area contributed by atoms with Gasteiger partial charge in [-0.25, -0.2) is 0 Å². The highest BCUT2D eigenvalue weighted by Crippen LogP contribution is 2.26. The minimum atomic E-state index is -0.544. The van der Waals surface area contributed by atoms with E-state index in [0.29, 0.717) is 6.04 Å². The number of rotatable bonds is 4. The number of hydrogen-bond donors (Lipinski definition) is 2. The molecule has 4 heteroatoms. The van der Waals surface area contributed by atoms with E-state index in [1.807, 2.05) is 0 Å². The van der Waals surface area contributed by atoms with Crippen molar-refractivity contribution in [1.29, 1.82) is 0 Å². The Morgan fingerprint density at radius 2 is 2.06 bits per heavy atom. The number of aliphatic hydroxyl groups is 2. The first-order valence-electron chi connectivity index (χ1n) is 7.39. The van der Waals surface area contributed by atoms with Gasteiger partial charge in [0.2, 0.25) is 0 Å². The lowest BCUT2D eigenvalue weighted by Crippen LogP contribution is -2.56. The average Bonchev–Trinajstić information content (AvgIpc) is 2.31. The predicted octanol–water partition coefficient (Wildman–Crippen LogP) is 0.680. The molecule has 4 nitrogen and oxygen atoms in total. The Hall–Kier alpha value is -0.160. The van der Waals surface area contributed by atoms with Gasteiger partial charge in [-0.05, 0) is 52.2 Å². The molecule has 2 aliphatic rings. The monoisotopic (exact) mass is 256 g/mol. The van der Waals surface area contributed by atoms with Gasteiger partial charge in [0.1, 0.15) is 0 Å². The summed E-state index contributed by atoms with van der Waals surface area (Å²) in [6.07, 6.45) is 6.52. The Kier molecular flexibility index (Phi) is 5.01. The van der Waals surface area contributed by atoms with Crippen LogP contribution in [0.3, 0.4) is 0 Å². The van der Waals surface area contributed by atoms with Gasteiger partial charge in [0.05, 0.1) is 5.60 Å². The number of nitrogens with zero attached hydrogens (tertiary/aromatic N) is 2. The Labute approximate surface area is 111 Å². The van der Waals surface area contributed by atoms with E-state index in [1.54, 1.807) is 0 Å². The van der Waals surface area contributed by atoms with E-state index in [-0.39, 0.29) is 6.61 Å². The molecular weight excluding hydrogens is 228 g/mol. The molecule has 2 N–H and O–H groups in total. The van der Waals surface area contributed by atoms with Crippen molar-refractivity contribution in [3.05, 3.63) is 0 Å². The molecule has 18 heavy (non-hydrogen) atoms. The first-order chi connectivity index (χ1) is 8.63. The lowest BCUT2D eigenvalue weighted by molar-refractivity contribution is -0.0614. The van der Waals surface area contributed by atoms with Crippen LogP contribution in [0.15, 0.2) is 0 Å². The summed E-state index contributed by atoms with van der Waals surface area (Å²) >= 11 is 0. The molecular formula is C14H28N2O2. The van der Waals surface area contributed by atoms with E-state index in [0.717, 1.165) is 45.4 Å². The third-order valence-corrected chi connectivity index (χ3v) is 4.46. The number of likely N-dealkylation sites (N-methyl/N-ethyl adjacent to an activating group) is 1. The molecule has 2 aliphatic heterocycles. The van der Waals surface area contributed by atoms with Crippen LogP contribution in [-0.2, 0) is 0 Å². The van der Waals surface area contributed by atoms with Gasteiger partial charge < -0.3 is 15.1 Å². The minimum Gasteiger partial charge on any atom is -0.396 e. The molecule has 2 saturated heterocycles. The fraction of sp³-hybridized carbons (Fsp3) is 1.00. The van der Waals surface area contributed by atoms with E-state index < -0.39 is 5.60 Å². The van der Waals surface area contributed by atoms with Crippen molar-refractivity contribution >= 4 is 0 Å². The van der Waals surface area contributed by atoms with E-state index in [2.05, 4.69) is 16.8 Å². The summed E-state index contributed by atoms with van der Waals surface area (Å²) in [6.45, 7) is 4.01. The van der Waals surface area contributed by atoms with Gasteiger partial charge in [0.15, 0.2) is 0 Å². The highest BCUT2D eigenvalue weighted by Gasteiger charge is 2.36. The number of hydrogen-bond acceptors (Lipinski definition) is 4. The predicted molar refractivity (Wildman–Crippen MR) is 72.6 cm³/mol. The molecule has 2 rings (SSSR count). The minimum absolute atomic E-state index is 0.263. The van der Waals surface area contributed by atoms with Gasteiger partial charge in [-0.3, -0.25) is 4.90 Å². The first kappa shape index (κ1) is 14.3. The number of likely N-dealkylation sites (tertiary alicyclic amines) is 2. The quantitative estimate of drug-likeness (QED) is 0.776. The van der Waals surface area contributed by atoms with Gasteiger partial charge in [0.25, 0.3) is 0 Å². The molecule has 0 aromatic rings. The third kappa shape index (κ3) is 3.67. The van der Waals surface area contributed by atoms with Gasteiger partial charge in [-0.15, -0.1) is 0 Å². The van der Waals surface area contributed by atoms with Crippen molar-refractivity contribution in [3.63, 3.8) is 0 Å². The van der Waals surface area contributed by atoms with Crippen LogP contribution in [0.5, 0.6) is 0 Å². The summed E-state index contributed by atoms with van der Waals surface area (Å²) in [5, 5.41) is 19.9. The molecule has 0 bridgehead atoms. The summed E-state index contributed by atoms with van der Waals surface area (Å²) in [5.74, 6) is 0. The second-order valence-electron chi connectivity index (χ2n) is 6.20. The van der Waals surface area contributed by atoms with Crippen LogP contribution < -0.4 is 0 Å². The zero-order valence-electron chi connectivity index (χ0n) is 11.6. The second kappa shape index (κ2) is 6.33. The summed E-state index contributed by atoms with van der Waals surface area (Å²) < 4.78 is 0. The molecule has 2 heterocycles. The molecule has 0 aliphatic carbocycles. The van der Waals surface area contributed by atoms with E-state index in [4.69, 9.17) is 5.11 Å². The Morgan fingerprint density at radius 3 is 2.78 bits per heavy atom. The van der Waals surface area contributed by atoms with Gasteiger partial charge in [-0.1, -0.05) is 6.42 Å². The number of aliphatic hydroxyl groups excluding tert-OH is 1. The standard InChI is InChI=1S/C14H28N2O2/c1-15-8-4-7-14(18,11-15)12-16-9-3-2-5-13(16)6-10-17/h13,17-18H,2-12H2,1H3/t13-,14-/m0/s1. The van der Waals surface area contributed by atoms with Crippen molar-refractivity contribution in [2.24, 2.45) is 0 Å². The van der Waals surface area contributed by atoms with Crippen molar-refractivity contribution in [2.75, 3.05) is 39.8 Å². The maximum atomic E-state index is 10.7. The topological polar surface area (TPSA) is 46.9 Å². The Morgan fingerprint density at radius 1 is 1.22 bits per heavy atom. The van der Waals surface area contributed by atoms with Crippen molar-refractivity contribution < 1.29 is 10.2 Å².